The Hall–Kier alpha value is -2.79. The maximum absolute atomic E-state index is 11.6. The Kier molecular flexibility index (Phi) is 5.31. The molecule has 0 fully saturated rings. The van der Waals surface area contributed by atoms with Crippen LogP contribution in [0.5, 0.6) is 0 Å². The molecule has 0 saturated carbocycles. The summed E-state index contributed by atoms with van der Waals surface area (Å²) in [6.45, 7) is 5.54. The van der Waals surface area contributed by atoms with Crippen LogP contribution in [0.3, 0.4) is 0 Å². The van der Waals surface area contributed by atoms with Crippen LogP contribution in [0.4, 0.5) is 11.4 Å². The van der Waals surface area contributed by atoms with E-state index in [2.05, 4.69) is 10.6 Å². The monoisotopic (exact) mass is 268 g/mol. The molecule has 1 aromatic carbocycles. The Bertz CT molecular complexity index is 602. The SMILES string of the molecule is Cc1cc(NC=C(C#N)C#N)ccc1NC(=O)C(C)C. The predicted octanol–water partition coefficient (Wildman–Crippen LogP) is 2.93. The molecule has 0 bridgehead atoms. The Labute approximate surface area is 118 Å². The number of carbonyl (C=O) groups excluding carboxylic acids is 1. The van der Waals surface area contributed by atoms with Gasteiger partial charge in [0.05, 0.1) is 0 Å². The number of hydrogen-bond donors (Lipinski definition) is 2. The van der Waals surface area contributed by atoms with Crippen LogP contribution in [0.2, 0.25) is 0 Å². The second kappa shape index (κ2) is 6.96. The Morgan fingerprint density at radius 2 is 1.95 bits per heavy atom. The largest absolute Gasteiger partial charge is 0.360 e. The van der Waals surface area contributed by atoms with Crippen molar-refractivity contribution in [1.29, 1.82) is 10.5 Å². The van der Waals surface area contributed by atoms with Gasteiger partial charge in [0.1, 0.15) is 17.7 Å². The van der Waals surface area contributed by atoms with Gasteiger partial charge in [0.25, 0.3) is 0 Å². The molecule has 0 aliphatic carbocycles. The average molecular weight is 268 g/mol. The standard InChI is InChI=1S/C15H16N4O/c1-10(2)15(20)19-14-5-4-13(6-11(14)3)18-9-12(7-16)8-17/h4-6,9-10,18H,1-3H3,(H,19,20). The average Bonchev–Trinajstić information content (AvgIpc) is 2.42. The van der Waals surface area contributed by atoms with E-state index in [4.69, 9.17) is 10.5 Å². The number of hydrogen-bond acceptors (Lipinski definition) is 4. The van der Waals surface area contributed by atoms with Gasteiger partial charge in [-0.25, -0.2) is 0 Å². The van der Waals surface area contributed by atoms with Gasteiger partial charge in [0.15, 0.2) is 0 Å². The van der Waals surface area contributed by atoms with Crippen LogP contribution in [0.25, 0.3) is 0 Å². The van der Waals surface area contributed by atoms with Crippen molar-refractivity contribution in [3.8, 4) is 12.1 Å². The van der Waals surface area contributed by atoms with Crippen molar-refractivity contribution in [2.75, 3.05) is 10.6 Å². The number of nitrogens with one attached hydrogen (secondary N) is 2. The number of nitriles is 2. The maximum atomic E-state index is 11.6. The lowest BCUT2D eigenvalue weighted by molar-refractivity contribution is -0.118. The molecule has 0 aliphatic rings. The number of carbonyl (C=O) groups is 1. The minimum Gasteiger partial charge on any atom is -0.360 e. The third-order valence-electron chi connectivity index (χ3n) is 2.63. The van der Waals surface area contributed by atoms with E-state index >= 15 is 0 Å². The van der Waals surface area contributed by atoms with Crippen molar-refractivity contribution >= 4 is 17.3 Å². The highest BCUT2D eigenvalue weighted by Gasteiger charge is 2.08. The van der Waals surface area contributed by atoms with Gasteiger partial charge in [-0.05, 0) is 30.7 Å². The Morgan fingerprint density at radius 1 is 1.30 bits per heavy atom. The molecule has 5 nitrogen and oxygen atoms in total. The number of nitrogens with zero attached hydrogens (tertiary/aromatic N) is 2. The van der Waals surface area contributed by atoms with E-state index in [-0.39, 0.29) is 17.4 Å². The topological polar surface area (TPSA) is 88.7 Å². The zero-order valence-corrected chi connectivity index (χ0v) is 11.7. The van der Waals surface area contributed by atoms with Crippen LogP contribution in [0, 0.1) is 35.5 Å². The molecule has 0 unspecified atom stereocenters. The van der Waals surface area contributed by atoms with E-state index in [1.165, 1.54) is 6.20 Å². The molecule has 20 heavy (non-hydrogen) atoms. The minimum atomic E-state index is -0.0797. The van der Waals surface area contributed by atoms with E-state index in [0.717, 1.165) is 16.9 Å². The van der Waals surface area contributed by atoms with E-state index in [9.17, 15) is 4.79 Å². The Morgan fingerprint density at radius 3 is 2.45 bits per heavy atom. The summed E-state index contributed by atoms with van der Waals surface area (Å²) in [6, 6.07) is 8.92. The second-order valence-corrected chi connectivity index (χ2v) is 4.60. The van der Waals surface area contributed by atoms with E-state index in [0.29, 0.717) is 0 Å². The van der Waals surface area contributed by atoms with E-state index < -0.39 is 0 Å². The fourth-order valence-corrected chi connectivity index (χ4v) is 1.42. The molecule has 0 heterocycles. The molecule has 0 saturated heterocycles. The van der Waals surface area contributed by atoms with Crippen LogP contribution in [0.15, 0.2) is 30.0 Å². The van der Waals surface area contributed by atoms with Crippen LogP contribution in [-0.4, -0.2) is 5.91 Å². The first-order chi connectivity index (χ1) is 9.47. The molecule has 1 amide bonds. The number of aryl methyl sites for hydroxylation is 1. The third-order valence-corrected chi connectivity index (χ3v) is 2.63. The summed E-state index contributed by atoms with van der Waals surface area (Å²) >= 11 is 0. The smallest absolute Gasteiger partial charge is 0.226 e. The first-order valence-corrected chi connectivity index (χ1v) is 6.16. The molecule has 1 rings (SSSR count). The summed E-state index contributed by atoms with van der Waals surface area (Å²) in [4.78, 5) is 11.6. The zero-order valence-electron chi connectivity index (χ0n) is 11.7. The summed E-state index contributed by atoms with van der Waals surface area (Å²) in [6.07, 6.45) is 1.35. The van der Waals surface area contributed by atoms with Gasteiger partial charge >= 0.3 is 0 Å². The quantitative estimate of drug-likeness (QED) is 0.822. The molecule has 1 aromatic rings. The van der Waals surface area contributed by atoms with Crippen molar-refractivity contribution in [2.24, 2.45) is 5.92 Å². The number of benzene rings is 1. The molecule has 0 aromatic heterocycles. The fraction of sp³-hybridized carbons (Fsp3) is 0.267. The highest BCUT2D eigenvalue weighted by atomic mass is 16.1. The summed E-state index contributed by atoms with van der Waals surface area (Å²) in [5.74, 6) is -0.117. The van der Waals surface area contributed by atoms with Crippen molar-refractivity contribution in [1.82, 2.24) is 0 Å². The molecule has 2 N–H and O–H groups in total. The normalized spacial score (nSPS) is 9.30. The predicted molar refractivity (Wildman–Crippen MR) is 77.6 cm³/mol. The van der Waals surface area contributed by atoms with Gasteiger partial charge in [-0.2, -0.15) is 10.5 Å². The Balaban J connectivity index is 2.84. The van der Waals surface area contributed by atoms with Crippen molar-refractivity contribution < 1.29 is 4.79 Å². The van der Waals surface area contributed by atoms with Crippen LogP contribution in [-0.2, 0) is 4.79 Å². The molecular formula is C15H16N4O. The van der Waals surface area contributed by atoms with Crippen molar-refractivity contribution in [3.63, 3.8) is 0 Å². The molecule has 0 aliphatic heterocycles. The first kappa shape index (κ1) is 15.3. The summed E-state index contributed by atoms with van der Waals surface area (Å²) in [7, 11) is 0. The van der Waals surface area contributed by atoms with Gasteiger partial charge in [-0.3, -0.25) is 4.79 Å². The second-order valence-electron chi connectivity index (χ2n) is 4.60. The van der Waals surface area contributed by atoms with E-state index in [1.54, 1.807) is 24.3 Å². The molecule has 102 valence electrons. The van der Waals surface area contributed by atoms with Crippen molar-refractivity contribution in [3.05, 3.63) is 35.5 Å². The number of rotatable bonds is 4. The fourth-order valence-electron chi connectivity index (χ4n) is 1.42. The molecule has 0 spiro atoms. The number of amides is 1. The van der Waals surface area contributed by atoms with Gasteiger partial charge < -0.3 is 10.6 Å². The maximum Gasteiger partial charge on any atom is 0.226 e. The lowest BCUT2D eigenvalue weighted by Crippen LogP contribution is -2.18. The van der Waals surface area contributed by atoms with Gasteiger partial charge in [-0.1, -0.05) is 13.8 Å². The number of anilines is 2. The van der Waals surface area contributed by atoms with Crippen LogP contribution < -0.4 is 10.6 Å². The summed E-state index contributed by atoms with van der Waals surface area (Å²) < 4.78 is 0. The van der Waals surface area contributed by atoms with Crippen LogP contribution >= 0.6 is 0 Å². The number of allylic oxidation sites excluding steroid dienone is 1. The van der Waals surface area contributed by atoms with Gasteiger partial charge in [0, 0.05) is 23.5 Å². The summed E-state index contributed by atoms with van der Waals surface area (Å²) in [5, 5.41) is 23.0. The highest BCUT2D eigenvalue weighted by Crippen LogP contribution is 2.20. The molecule has 5 heteroatoms. The minimum absolute atomic E-state index is 0.000148. The summed E-state index contributed by atoms with van der Waals surface area (Å²) in [5.41, 5.74) is 2.39. The molecule has 0 atom stereocenters. The molecule has 0 radical (unpaired) electrons. The van der Waals surface area contributed by atoms with Gasteiger partial charge in [-0.15, -0.1) is 0 Å². The van der Waals surface area contributed by atoms with Gasteiger partial charge in [0.2, 0.25) is 5.91 Å². The first-order valence-electron chi connectivity index (χ1n) is 6.16. The zero-order chi connectivity index (χ0) is 15.1. The lowest BCUT2D eigenvalue weighted by atomic mass is 10.1. The van der Waals surface area contributed by atoms with Crippen LogP contribution in [0.1, 0.15) is 19.4 Å². The third kappa shape index (κ3) is 4.15. The van der Waals surface area contributed by atoms with Crippen molar-refractivity contribution in [2.45, 2.75) is 20.8 Å². The molecular weight excluding hydrogens is 252 g/mol. The lowest BCUT2D eigenvalue weighted by Gasteiger charge is -2.11. The highest BCUT2D eigenvalue weighted by molar-refractivity contribution is 5.93. The van der Waals surface area contributed by atoms with E-state index in [1.807, 2.05) is 26.8 Å².